The molecule has 0 spiro atoms. The molecule has 0 aliphatic rings. The van der Waals surface area contributed by atoms with Crippen LogP contribution in [0.25, 0.3) is 10.2 Å². The number of nitrogens with zero attached hydrogens (tertiary/aromatic N) is 2. The molecular weight excluding hydrogens is 304 g/mol. The van der Waals surface area contributed by atoms with Crippen molar-refractivity contribution in [2.75, 3.05) is 0 Å². The molecule has 0 atom stereocenters. The lowest BCUT2D eigenvalue weighted by Gasteiger charge is -2.09. The molecule has 3 aromatic rings. The molecular formula is C16H15ClN2OS. The van der Waals surface area contributed by atoms with Gasteiger partial charge in [0.25, 0.3) is 5.56 Å². The van der Waals surface area contributed by atoms with Crippen LogP contribution in [0.4, 0.5) is 0 Å². The molecule has 0 aliphatic carbocycles. The van der Waals surface area contributed by atoms with E-state index in [1.165, 1.54) is 4.88 Å². The Bertz CT molecular complexity index is 866. The third kappa shape index (κ3) is 2.74. The molecule has 0 saturated carbocycles. The highest BCUT2D eigenvalue weighted by Gasteiger charge is 2.11. The zero-order valence-electron chi connectivity index (χ0n) is 11.9. The molecule has 0 aliphatic heterocycles. The van der Waals surface area contributed by atoms with Crippen LogP contribution in [0.15, 0.2) is 35.1 Å². The second kappa shape index (κ2) is 5.62. The predicted octanol–water partition coefficient (Wildman–Crippen LogP) is 4.03. The average Bonchev–Trinajstić information content (AvgIpc) is 2.87. The minimum Gasteiger partial charge on any atom is -0.292 e. The fraction of sp³-hybridized carbons (Fsp3) is 0.250. The number of aryl methyl sites for hydroxylation is 2. The molecule has 0 bridgehead atoms. The monoisotopic (exact) mass is 318 g/mol. The first-order valence-corrected chi connectivity index (χ1v) is 8.02. The summed E-state index contributed by atoms with van der Waals surface area (Å²) in [5, 5.41) is 1.39. The van der Waals surface area contributed by atoms with Gasteiger partial charge in [-0.1, -0.05) is 30.7 Å². The maximum atomic E-state index is 12.7. The minimum absolute atomic E-state index is 0.0217. The van der Waals surface area contributed by atoms with Crippen LogP contribution in [0.1, 0.15) is 23.2 Å². The molecule has 0 amide bonds. The molecule has 5 heteroatoms. The topological polar surface area (TPSA) is 34.9 Å². The van der Waals surface area contributed by atoms with Gasteiger partial charge in [-0.3, -0.25) is 9.36 Å². The van der Waals surface area contributed by atoms with Crippen molar-refractivity contribution in [3.63, 3.8) is 0 Å². The summed E-state index contributed by atoms with van der Waals surface area (Å²) in [4.78, 5) is 19.3. The van der Waals surface area contributed by atoms with Gasteiger partial charge in [0.1, 0.15) is 10.7 Å². The number of fused-ring (bicyclic) bond motifs is 1. The van der Waals surface area contributed by atoms with Crippen molar-refractivity contribution < 1.29 is 0 Å². The lowest BCUT2D eigenvalue weighted by Crippen LogP contribution is -2.23. The Morgan fingerprint density at radius 2 is 2.14 bits per heavy atom. The highest BCUT2D eigenvalue weighted by molar-refractivity contribution is 7.18. The molecule has 0 radical (unpaired) electrons. The standard InChI is InChI=1S/C16H15ClN2OS/c1-3-13-8-14-15(21-13)18-10(2)19(16(14)20)9-11-5-4-6-12(17)7-11/h4-8H,3,9H2,1-2H3. The molecule has 0 saturated heterocycles. The van der Waals surface area contributed by atoms with Gasteiger partial charge < -0.3 is 0 Å². The molecule has 3 nitrogen and oxygen atoms in total. The molecule has 0 unspecified atom stereocenters. The van der Waals surface area contributed by atoms with E-state index in [1.807, 2.05) is 37.3 Å². The van der Waals surface area contributed by atoms with Gasteiger partial charge in [0.05, 0.1) is 11.9 Å². The molecule has 0 fully saturated rings. The van der Waals surface area contributed by atoms with Crippen molar-refractivity contribution in [3.8, 4) is 0 Å². The van der Waals surface area contributed by atoms with E-state index in [0.717, 1.165) is 22.6 Å². The fourth-order valence-corrected chi connectivity index (χ4v) is 3.56. The Morgan fingerprint density at radius 1 is 1.33 bits per heavy atom. The Hall–Kier alpha value is -1.65. The van der Waals surface area contributed by atoms with Crippen LogP contribution >= 0.6 is 22.9 Å². The van der Waals surface area contributed by atoms with Crippen molar-refractivity contribution >= 4 is 33.2 Å². The van der Waals surface area contributed by atoms with Crippen LogP contribution in [0.3, 0.4) is 0 Å². The molecule has 108 valence electrons. The van der Waals surface area contributed by atoms with Gasteiger partial charge in [0.2, 0.25) is 0 Å². The van der Waals surface area contributed by atoms with Crippen LogP contribution in [0.5, 0.6) is 0 Å². The first-order valence-electron chi connectivity index (χ1n) is 6.82. The molecule has 3 rings (SSSR count). The van der Waals surface area contributed by atoms with E-state index in [4.69, 9.17) is 11.6 Å². The van der Waals surface area contributed by atoms with Gasteiger partial charge in [-0.25, -0.2) is 4.98 Å². The molecule has 21 heavy (non-hydrogen) atoms. The Morgan fingerprint density at radius 3 is 2.86 bits per heavy atom. The molecule has 0 N–H and O–H groups in total. The van der Waals surface area contributed by atoms with Crippen LogP contribution in [-0.2, 0) is 13.0 Å². The summed E-state index contributed by atoms with van der Waals surface area (Å²) in [6.45, 7) is 4.45. The SMILES string of the molecule is CCc1cc2c(=O)n(Cc3cccc(Cl)c3)c(C)nc2s1. The third-order valence-corrected chi connectivity index (χ3v) is 4.88. The van der Waals surface area contributed by atoms with Crippen molar-refractivity contribution in [1.29, 1.82) is 0 Å². The number of halogens is 1. The quantitative estimate of drug-likeness (QED) is 0.730. The molecule has 2 aromatic heterocycles. The summed E-state index contributed by atoms with van der Waals surface area (Å²) in [7, 11) is 0. The van der Waals surface area contributed by atoms with Gasteiger partial charge >= 0.3 is 0 Å². The highest BCUT2D eigenvalue weighted by atomic mass is 35.5. The maximum absolute atomic E-state index is 12.7. The zero-order chi connectivity index (χ0) is 15.0. The van der Waals surface area contributed by atoms with E-state index >= 15 is 0 Å². The van der Waals surface area contributed by atoms with E-state index in [9.17, 15) is 4.79 Å². The Balaban J connectivity index is 2.12. The lowest BCUT2D eigenvalue weighted by atomic mass is 10.2. The Kier molecular flexibility index (Phi) is 3.83. The van der Waals surface area contributed by atoms with Crippen LogP contribution in [0, 0.1) is 6.92 Å². The van der Waals surface area contributed by atoms with Crippen molar-refractivity contribution in [2.45, 2.75) is 26.8 Å². The maximum Gasteiger partial charge on any atom is 0.262 e. The summed E-state index contributed by atoms with van der Waals surface area (Å²) >= 11 is 7.60. The van der Waals surface area contributed by atoms with E-state index < -0.39 is 0 Å². The van der Waals surface area contributed by atoms with Crippen LogP contribution < -0.4 is 5.56 Å². The molecule has 1 aromatic carbocycles. The van der Waals surface area contributed by atoms with Crippen molar-refractivity contribution in [2.24, 2.45) is 0 Å². The Labute approximate surface area is 131 Å². The second-order valence-corrected chi connectivity index (χ2v) is 6.52. The summed E-state index contributed by atoms with van der Waals surface area (Å²) in [5.74, 6) is 0.733. The van der Waals surface area contributed by atoms with Gasteiger partial charge in [-0.05, 0) is 37.1 Å². The summed E-state index contributed by atoms with van der Waals surface area (Å²) in [6, 6.07) is 9.53. The summed E-state index contributed by atoms with van der Waals surface area (Å²) in [5.41, 5.74) is 1.02. The summed E-state index contributed by atoms with van der Waals surface area (Å²) < 4.78 is 1.71. The van der Waals surface area contributed by atoms with E-state index in [2.05, 4.69) is 11.9 Å². The van der Waals surface area contributed by atoms with Gasteiger partial charge in [-0.2, -0.15) is 0 Å². The largest absolute Gasteiger partial charge is 0.292 e. The highest BCUT2D eigenvalue weighted by Crippen LogP contribution is 2.22. The number of hydrogen-bond donors (Lipinski definition) is 0. The summed E-state index contributed by atoms with van der Waals surface area (Å²) in [6.07, 6.45) is 0.924. The van der Waals surface area contributed by atoms with Crippen LogP contribution in [0.2, 0.25) is 5.02 Å². The predicted molar refractivity (Wildman–Crippen MR) is 88.5 cm³/mol. The smallest absolute Gasteiger partial charge is 0.262 e. The number of hydrogen-bond acceptors (Lipinski definition) is 3. The average molecular weight is 319 g/mol. The van der Waals surface area contributed by atoms with Crippen molar-refractivity contribution in [1.82, 2.24) is 9.55 Å². The number of aromatic nitrogens is 2. The van der Waals surface area contributed by atoms with Crippen LogP contribution in [-0.4, -0.2) is 9.55 Å². The van der Waals surface area contributed by atoms with E-state index in [1.54, 1.807) is 15.9 Å². The minimum atomic E-state index is 0.0217. The first-order chi connectivity index (χ1) is 10.1. The number of rotatable bonds is 3. The fourth-order valence-electron chi connectivity index (χ4n) is 2.35. The molecule has 2 heterocycles. The third-order valence-electron chi connectivity index (χ3n) is 3.47. The normalized spacial score (nSPS) is 11.2. The van der Waals surface area contributed by atoms with E-state index in [-0.39, 0.29) is 5.56 Å². The number of benzene rings is 1. The van der Waals surface area contributed by atoms with Crippen molar-refractivity contribution in [3.05, 3.63) is 62.0 Å². The lowest BCUT2D eigenvalue weighted by molar-refractivity contribution is 0.714. The number of thiophene rings is 1. The second-order valence-electron chi connectivity index (χ2n) is 4.97. The van der Waals surface area contributed by atoms with Gasteiger partial charge in [0, 0.05) is 9.90 Å². The first kappa shape index (κ1) is 14.3. The van der Waals surface area contributed by atoms with Gasteiger partial charge in [-0.15, -0.1) is 11.3 Å². The van der Waals surface area contributed by atoms with Gasteiger partial charge in [0.15, 0.2) is 0 Å². The zero-order valence-corrected chi connectivity index (χ0v) is 13.5. The van der Waals surface area contributed by atoms with E-state index in [0.29, 0.717) is 17.0 Å².